The minimum Gasteiger partial charge on any atom is -0.397 e. The molecule has 4 N–H and O–H groups in total. The van der Waals surface area contributed by atoms with Crippen LogP contribution in [-0.2, 0) is 10.2 Å². The van der Waals surface area contributed by atoms with Crippen LogP contribution in [0.1, 0.15) is 12.5 Å². The maximum absolute atomic E-state index is 11.4. The van der Waals surface area contributed by atoms with Gasteiger partial charge in [0.15, 0.2) is 0 Å². The van der Waals surface area contributed by atoms with E-state index in [1.54, 1.807) is 25.1 Å². The number of hydrogen-bond acceptors (Lipinski definition) is 3. The molecule has 0 saturated heterocycles. The number of nitrogens with two attached hydrogens (primary N) is 1. The van der Waals surface area contributed by atoms with E-state index >= 15 is 0 Å². The molecule has 84 valence electrons. The molecule has 0 saturated carbocycles. The van der Waals surface area contributed by atoms with E-state index < -0.39 is 10.2 Å². The highest BCUT2D eigenvalue weighted by atomic mass is 32.2. The first-order valence-corrected chi connectivity index (χ1v) is 6.06. The van der Waals surface area contributed by atoms with Crippen LogP contribution >= 0.6 is 0 Å². The van der Waals surface area contributed by atoms with E-state index in [1.807, 2.05) is 6.92 Å². The van der Waals surface area contributed by atoms with Gasteiger partial charge in [-0.05, 0) is 24.6 Å². The molecule has 0 amide bonds. The molecular weight excluding hydrogens is 214 g/mol. The van der Waals surface area contributed by atoms with Crippen molar-refractivity contribution < 1.29 is 8.42 Å². The molecule has 0 heterocycles. The van der Waals surface area contributed by atoms with Crippen LogP contribution in [-0.4, -0.2) is 15.0 Å². The van der Waals surface area contributed by atoms with Crippen LogP contribution in [0.5, 0.6) is 0 Å². The van der Waals surface area contributed by atoms with Gasteiger partial charge in [-0.25, -0.2) is 0 Å². The van der Waals surface area contributed by atoms with E-state index in [0.717, 1.165) is 5.56 Å². The Hall–Kier alpha value is -1.27. The van der Waals surface area contributed by atoms with Gasteiger partial charge in [-0.1, -0.05) is 13.0 Å². The standard InChI is InChI=1S/C9H15N3O2S/c1-3-11-15(13,14)12-9-5-4-7(2)6-8(9)10/h4-6,11-12H,3,10H2,1-2H3. The Kier molecular flexibility index (Phi) is 3.54. The Morgan fingerprint density at radius 2 is 2.07 bits per heavy atom. The normalized spacial score (nSPS) is 11.3. The van der Waals surface area contributed by atoms with E-state index in [-0.39, 0.29) is 0 Å². The van der Waals surface area contributed by atoms with Gasteiger partial charge in [0, 0.05) is 6.54 Å². The summed E-state index contributed by atoms with van der Waals surface area (Å²) in [5, 5.41) is 0. The molecule has 0 aliphatic rings. The van der Waals surface area contributed by atoms with Gasteiger partial charge in [-0.3, -0.25) is 4.72 Å². The van der Waals surface area contributed by atoms with Crippen molar-refractivity contribution in [2.24, 2.45) is 0 Å². The average Bonchev–Trinajstić information content (AvgIpc) is 2.09. The van der Waals surface area contributed by atoms with Gasteiger partial charge >= 0.3 is 0 Å². The highest BCUT2D eigenvalue weighted by molar-refractivity contribution is 7.90. The highest BCUT2D eigenvalue weighted by Crippen LogP contribution is 2.19. The lowest BCUT2D eigenvalue weighted by atomic mass is 10.2. The molecule has 0 spiro atoms. The molecule has 0 aliphatic heterocycles. The maximum Gasteiger partial charge on any atom is 0.299 e. The third-order valence-corrected chi connectivity index (χ3v) is 2.94. The molecule has 0 unspecified atom stereocenters. The van der Waals surface area contributed by atoms with Crippen LogP contribution in [0.2, 0.25) is 0 Å². The van der Waals surface area contributed by atoms with E-state index in [0.29, 0.717) is 17.9 Å². The number of anilines is 2. The third-order valence-electron chi connectivity index (χ3n) is 1.79. The molecule has 15 heavy (non-hydrogen) atoms. The third kappa shape index (κ3) is 3.41. The Bertz CT molecular complexity index is 443. The SMILES string of the molecule is CCNS(=O)(=O)Nc1ccc(C)cc1N. The number of aryl methyl sites for hydroxylation is 1. The summed E-state index contributed by atoms with van der Waals surface area (Å²) < 4.78 is 27.4. The largest absolute Gasteiger partial charge is 0.397 e. The monoisotopic (exact) mass is 229 g/mol. The molecule has 0 bridgehead atoms. The zero-order chi connectivity index (χ0) is 11.5. The summed E-state index contributed by atoms with van der Waals surface area (Å²) in [5.41, 5.74) is 7.46. The predicted octanol–water partition coefficient (Wildman–Crippen LogP) is 0.843. The molecule has 0 fully saturated rings. The van der Waals surface area contributed by atoms with Gasteiger partial charge in [-0.2, -0.15) is 13.1 Å². The lowest BCUT2D eigenvalue weighted by molar-refractivity contribution is 0.589. The van der Waals surface area contributed by atoms with Crippen molar-refractivity contribution in [1.29, 1.82) is 0 Å². The molecule has 1 aromatic carbocycles. The number of nitrogens with one attached hydrogen (secondary N) is 2. The minimum absolute atomic E-state index is 0.334. The summed E-state index contributed by atoms with van der Waals surface area (Å²) in [4.78, 5) is 0. The van der Waals surface area contributed by atoms with Crippen LogP contribution in [0.4, 0.5) is 11.4 Å². The van der Waals surface area contributed by atoms with Crippen molar-refractivity contribution in [3.8, 4) is 0 Å². The Morgan fingerprint density at radius 3 is 2.60 bits per heavy atom. The van der Waals surface area contributed by atoms with Gasteiger partial charge in [0.05, 0.1) is 11.4 Å². The van der Waals surface area contributed by atoms with Crippen LogP contribution in [0.25, 0.3) is 0 Å². The summed E-state index contributed by atoms with van der Waals surface area (Å²) in [6, 6.07) is 5.14. The second-order valence-corrected chi connectivity index (χ2v) is 4.69. The zero-order valence-corrected chi connectivity index (χ0v) is 9.56. The van der Waals surface area contributed by atoms with Gasteiger partial charge in [-0.15, -0.1) is 0 Å². The first-order chi connectivity index (χ1) is 6.94. The molecule has 5 nitrogen and oxygen atoms in total. The Morgan fingerprint density at radius 1 is 1.40 bits per heavy atom. The van der Waals surface area contributed by atoms with Crippen LogP contribution in [0.3, 0.4) is 0 Å². The quantitative estimate of drug-likeness (QED) is 0.669. The molecule has 1 aromatic rings. The highest BCUT2D eigenvalue weighted by Gasteiger charge is 2.09. The van der Waals surface area contributed by atoms with Crippen molar-refractivity contribution in [3.05, 3.63) is 23.8 Å². The van der Waals surface area contributed by atoms with Crippen LogP contribution < -0.4 is 15.2 Å². The van der Waals surface area contributed by atoms with Crippen molar-refractivity contribution in [2.75, 3.05) is 17.0 Å². The molecule has 0 atom stereocenters. The summed E-state index contributed by atoms with van der Waals surface area (Å²) in [6.45, 7) is 3.93. The number of nitrogen functional groups attached to an aromatic ring is 1. The van der Waals surface area contributed by atoms with Crippen LogP contribution in [0.15, 0.2) is 18.2 Å². The number of hydrogen-bond donors (Lipinski definition) is 3. The van der Waals surface area contributed by atoms with Gasteiger partial charge in [0.2, 0.25) is 0 Å². The Labute approximate surface area is 89.9 Å². The fourth-order valence-corrected chi connectivity index (χ4v) is 2.07. The van der Waals surface area contributed by atoms with Gasteiger partial charge in [0.25, 0.3) is 10.2 Å². The van der Waals surface area contributed by atoms with E-state index in [2.05, 4.69) is 9.44 Å². The first kappa shape index (κ1) is 11.8. The van der Waals surface area contributed by atoms with Crippen molar-refractivity contribution in [1.82, 2.24) is 4.72 Å². The predicted molar refractivity (Wildman–Crippen MR) is 61.8 cm³/mol. The first-order valence-electron chi connectivity index (χ1n) is 4.58. The Balaban J connectivity index is 2.90. The fraction of sp³-hybridized carbons (Fsp3) is 0.333. The van der Waals surface area contributed by atoms with E-state index in [1.165, 1.54) is 0 Å². The topological polar surface area (TPSA) is 84.2 Å². The average molecular weight is 229 g/mol. The molecule has 6 heteroatoms. The molecule has 0 radical (unpaired) electrons. The minimum atomic E-state index is -3.50. The van der Waals surface area contributed by atoms with Crippen molar-refractivity contribution in [3.63, 3.8) is 0 Å². The second-order valence-electron chi connectivity index (χ2n) is 3.19. The van der Waals surface area contributed by atoms with Crippen LogP contribution in [0, 0.1) is 6.92 Å². The smallest absolute Gasteiger partial charge is 0.299 e. The maximum atomic E-state index is 11.4. The summed E-state index contributed by atoms with van der Waals surface area (Å²) in [6.07, 6.45) is 0. The van der Waals surface area contributed by atoms with Crippen molar-refractivity contribution >= 4 is 21.6 Å². The molecule has 0 aliphatic carbocycles. The lowest BCUT2D eigenvalue weighted by Crippen LogP contribution is -2.30. The second kappa shape index (κ2) is 4.50. The van der Waals surface area contributed by atoms with E-state index in [4.69, 9.17) is 5.73 Å². The molecule has 0 aromatic heterocycles. The van der Waals surface area contributed by atoms with Gasteiger partial charge in [0.1, 0.15) is 0 Å². The zero-order valence-electron chi connectivity index (χ0n) is 8.74. The number of benzene rings is 1. The lowest BCUT2D eigenvalue weighted by Gasteiger charge is -2.10. The number of rotatable bonds is 4. The van der Waals surface area contributed by atoms with Gasteiger partial charge < -0.3 is 5.73 Å². The van der Waals surface area contributed by atoms with E-state index in [9.17, 15) is 8.42 Å². The summed E-state index contributed by atoms with van der Waals surface area (Å²) in [5.74, 6) is 0. The summed E-state index contributed by atoms with van der Waals surface area (Å²) >= 11 is 0. The fourth-order valence-electron chi connectivity index (χ4n) is 1.15. The molecular formula is C9H15N3O2S. The molecule has 1 rings (SSSR count). The summed E-state index contributed by atoms with van der Waals surface area (Å²) in [7, 11) is -3.50. The van der Waals surface area contributed by atoms with Crippen molar-refractivity contribution in [2.45, 2.75) is 13.8 Å².